The van der Waals surface area contributed by atoms with Crippen molar-refractivity contribution in [1.82, 2.24) is 5.32 Å². The van der Waals surface area contributed by atoms with Crippen LogP contribution >= 0.6 is 0 Å². The number of nitrogens with one attached hydrogen (secondary N) is 1. The van der Waals surface area contributed by atoms with Crippen LogP contribution in [0, 0.1) is 11.8 Å². The molecule has 1 nitrogen and oxygen atoms in total. The molecule has 0 bridgehead atoms. The van der Waals surface area contributed by atoms with Crippen LogP contribution < -0.4 is 5.32 Å². The Labute approximate surface area is 112 Å². The number of rotatable bonds is 5. The molecule has 1 atom stereocenters. The summed E-state index contributed by atoms with van der Waals surface area (Å²) in [4.78, 5) is 0. The summed E-state index contributed by atoms with van der Waals surface area (Å²) in [5.74, 6) is 1.49. The van der Waals surface area contributed by atoms with Crippen LogP contribution in [0.4, 0.5) is 0 Å². The summed E-state index contributed by atoms with van der Waals surface area (Å²) < 4.78 is 0. The highest BCUT2D eigenvalue weighted by Gasteiger charge is 2.15. The van der Waals surface area contributed by atoms with Gasteiger partial charge in [-0.15, -0.1) is 0 Å². The number of hydrogen-bond acceptors (Lipinski definition) is 1. The number of fused-ring (bicyclic) bond motifs is 1. The zero-order valence-corrected chi connectivity index (χ0v) is 12.1. The van der Waals surface area contributed by atoms with Crippen molar-refractivity contribution in [2.75, 3.05) is 13.6 Å². The van der Waals surface area contributed by atoms with Crippen molar-refractivity contribution < 1.29 is 0 Å². The lowest BCUT2D eigenvalue weighted by Crippen LogP contribution is -2.25. The van der Waals surface area contributed by atoms with Gasteiger partial charge in [0, 0.05) is 0 Å². The molecule has 0 radical (unpaired) electrons. The number of hydrogen-bond donors (Lipinski definition) is 1. The van der Waals surface area contributed by atoms with E-state index in [-0.39, 0.29) is 0 Å². The average Bonchev–Trinajstić information content (AvgIpc) is 2.38. The Bertz CT molecular complexity index is 381. The molecule has 0 aromatic heterocycles. The standard InChI is InChI=1S/C17H27N/c1-13(2)17(12-18-3)11-14-8-9-15-6-4-5-7-16(15)10-14/h8-10,13,17-18H,4-7,11-12H2,1-3H3. The highest BCUT2D eigenvalue weighted by Crippen LogP contribution is 2.24. The Kier molecular flexibility index (Phi) is 4.82. The van der Waals surface area contributed by atoms with E-state index in [2.05, 4.69) is 44.4 Å². The van der Waals surface area contributed by atoms with Gasteiger partial charge in [-0.1, -0.05) is 32.0 Å². The first kappa shape index (κ1) is 13.6. The lowest BCUT2D eigenvalue weighted by atomic mass is 9.85. The Morgan fingerprint density at radius 2 is 1.83 bits per heavy atom. The molecule has 0 amide bonds. The molecule has 1 aromatic rings. The summed E-state index contributed by atoms with van der Waals surface area (Å²) in [7, 11) is 2.06. The van der Waals surface area contributed by atoms with Crippen molar-refractivity contribution in [2.45, 2.75) is 46.0 Å². The maximum absolute atomic E-state index is 3.33. The molecule has 1 aromatic carbocycles. The monoisotopic (exact) mass is 245 g/mol. The van der Waals surface area contributed by atoms with E-state index in [4.69, 9.17) is 0 Å². The van der Waals surface area contributed by atoms with Gasteiger partial charge in [0.25, 0.3) is 0 Å². The van der Waals surface area contributed by atoms with Gasteiger partial charge < -0.3 is 5.32 Å². The van der Waals surface area contributed by atoms with Gasteiger partial charge in [-0.25, -0.2) is 0 Å². The summed E-state index contributed by atoms with van der Waals surface area (Å²) in [6, 6.07) is 7.20. The summed E-state index contributed by atoms with van der Waals surface area (Å²) in [6.07, 6.45) is 6.55. The highest BCUT2D eigenvalue weighted by molar-refractivity contribution is 5.34. The van der Waals surface area contributed by atoms with Crippen molar-refractivity contribution in [3.8, 4) is 0 Å². The largest absolute Gasteiger partial charge is 0.319 e. The molecule has 0 fully saturated rings. The van der Waals surface area contributed by atoms with E-state index >= 15 is 0 Å². The minimum absolute atomic E-state index is 0.744. The van der Waals surface area contributed by atoms with Gasteiger partial charge in [-0.05, 0) is 74.2 Å². The van der Waals surface area contributed by atoms with Crippen molar-refractivity contribution in [3.63, 3.8) is 0 Å². The first-order chi connectivity index (χ1) is 8.70. The highest BCUT2D eigenvalue weighted by atomic mass is 14.8. The van der Waals surface area contributed by atoms with Crippen LogP contribution in [0.5, 0.6) is 0 Å². The second-order valence-corrected chi connectivity index (χ2v) is 6.08. The molecule has 18 heavy (non-hydrogen) atoms. The molecule has 0 heterocycles. The Morgan fingerprint density at radius 1 is 1.11 bits per heavy atom. The van der Waals surface area contributed by atoms with E-state index in [0.29, 0.717) is 0 Å². The first-order valence-corrected chi connectivity index (χ1v) is 7.46. The van der Waals surface area contributed by atoms with Gasteiger partial charge in [0.15, 0.2) is 0 Å². The van der Waals surface area contributed by atoms with Crippen molar-refractivity contribution in [1.29, 1.82) is 0 Å². The maximum Gasteiger partial charge on any atom is -0.00179 e. The number of aryl methyl sites for hydroxylation is 2. The molecule has 0 aliphatic heterocycles. The molecular formula is C17H27N. The molecule has 0 saturated heterocycles. The SMILES string of the molecule is CNCC(Cc1ccc2c(c1)CCCC2)C(C)C. The van der Waals surface area contributed by atoms with Crippen LogP contribution in [0.3, 0.4) is 0 Å². The minimum Gasteiger partial charge on any atom is -0.319 e. The summed E-state index contributed by atoms with van der Waals surface area (Å²) in [6.45, 7) is 5.79. The maximum atomic E-state index is 3.33. The molecule has 1 aliphatic carbocycles. The third kappa shape index (κ3) is 3.35. The van der Waals surface area contributed by atoms with Crippen LogP contribution in [-0.2, 0) is 19.3 Å². The molecule has 0 saturated carbocycles. The van der Waals surface area contributed by atoms with Gasteiger partial charge in [0.05, 0.1) is 0 Å². The van der Waals surface area contributed by atoms with E-state index in [1.807, 2.05) is 0 Å². The lowest BCUT2D eigenvalue weighted by molar-refractivity contribution is 0.370. The zero-order valence-electron chi connectivity index (χ0n) is 12.1. The van der Waals surface area contributed by atoms with Gasteiger partial charge in [0.2, 0.25) is 0 Å². The van der Waals surface area contributed by atoms with E-state index in [1.54, 1.807) is 11.1 Å². The second-order valence-electron chi connectivity index (χ2n) is 6.08. The topological polar surface area (TPSA) is 12.0 Å². The second kappa shape index (κ2) is 6.38. The van der Waals surface area contributed by atoms with Crippen molar-refractivity contribution in [3.05, 3.63) is 34.9 Å². The quantitative estimate of drug-likeness (QED) is 0.836. The molecule has 1 heteroatoms. The Balaban J connectivity index is 2.08. The molecule has 100 valence electrons. The number of benzene rings is 1. The van der Waals surface area contributed by atoms with Crippen molar-refractivity contribution in [2.24, 2.45) is 11.8 Å². The molecule has 1 aliphatic rings. The Hall–Kier alpha value is -0.820. The predicted molar refractivity (Wildman–Crippen MR) is 79.0 cm³/mol. The molecule has 1 unspecified atom stereocenters. The summed E-state index contributed by atoms with van der Waals surface area (Å²) >= 11 is 0. The van der Waals surface area contributed by atoms with Gasteiger partial charge in [-0.2, -0.15) is 0 Å². The molecular weight excluding hydrogens is 218 g/mol. The fourth-order valence-electron chi connectivity index (χ4n) is 3.02. The normalized spacial score (nSPS) is 16.7. The van der Waals surface area contributed by atoms with E-state index in [9.17, 15) is 0 Å². The van der Waals surface area contributed by atoms with Gasteiger partial charge in [0.1, 0.15) is 0 Å². The van der Waals surface area contributed by atoms with Crippen LogP contribution in [0.15, 0.2) is 18.2 Å². The van der Waals surface area contributed by atoms with Crippen LogP contribution in [0.25, 0.3) is 0 Å². The lowest BCUT2D eigenvalue weighted by Gasteiger charge is -2.22. The fraction of sp³-hybridized carbons (Fsp3) is 0.647. The summed E-state index contributed by atoms with van der Waals surface area (Å²) in [5, 5.41) is 3.33. The van der Waals surface area contributed by atoms with E-state index < -0.39 is 0 Å². The summed E-state index contributed by atoms with van der Waals surface area (Å²) in [5.41, 5.74) is 4.75. The predicted octanol–water partition coefficient (Wildman–Crippen LogP) is 3.60. The van der Waals surface area contributed by atoms with Crippen LogP contribution in [0.2, 0.25) is 0 Å². The smallest absolute Gasteiger partial charge is 0.00179 e. The van der Waals surface area contributed by atoms with Crippen molar-refractivity contribution >= 4 is 0 Å². The zero-order chi connectivity index (χ0) is 13.0. The molecule has 0 spiro atoms. The van der Waals surface area contributed by atoms with Gasteiger partial charge in [-0.3, -0.25) is 0 Å². The fourth-order valence-corrected chi connectivity index (χ4v) is 3.02. The average molecular weight is 245 g/mol. The third-order valence-corrected chi connectivity index (χ3v) is 4.32. The van der Waals surface area contributed by atoms with Crippen LogP contribution in [-0.4, -0.2) is 13.6 Å². The van der Waals surface area contributed by atoms with Gasteiger partial charge >= 0.3 is 0 Å². The van der Waals surface area contributed by atoms with E-state index in [1.165, 1.54) is 37.7 Å². The molecule has 1 N–H and O–H groups in total. The van der Waals surface area contributed by atoms with E-state index in [0.717, 1.165) is 18.4 Å². The first-order valence-electron chi connectivity index (χ1n) is 7.46. The third-order valence-electron chi connectivity index (χ3n) is 4.32. The van der Waals surface area contributed by atoms with Crippen LogP contribution in [0.1, 0.15) is 43.4 Å². The minimum atomic E-state index is 0.744. The molecule has 2 rings (SSSR count). The Morgan fingerprint density at radius 3 is 2.50 bits per heavy atom.